The summed E-state index contributed by atoms with van der Waals surface area (Å²) in [5, 5.41) is 42.1. The summed E-state index contributed by atoms with van der Waals surface area (Å²) in [5.74, 6) is -0.386. The molecule has 4 N–H and O–H groups in total. The minimum Gasteiger partial charge on any atom is -0.443 e. The summed E-state index contributed by atoms with van der Waals surface area (Å²) in [5.41, 5.74) is 7.30. The standard InChI is InChI=1S/C35H41N5O5Si.C24H31N3O6Si.C24H33N3O4Si.C11H17IN2O4Si.C5H3IN2O3/c1-35(2,3)45-34(43)40-30-15-11-10-14-26(30)18-31(40)29-19-28(23-38(33(29)42)24-44-16-17-46(4,5)6)37-32(41)27-20-36-39(22-27)21-25-12-8-7-9-13-25;1-24(2,3)33-23(29)26-20-10-8-7-9-17(20)13-21(26)19-14-18(27(30)31)15-25(22(19)28)16-32-11-12-34(4,5)6;1-24(2,3)31-23(29)27-20-10-8-7-9-17(20)13-21(27)19-14-18(25)15-26(22(19)28)16-30-11-12-32(4,5)6;1-19(2,3)5-4-18-8-13-7-9(14(16)17)6-10(12)11(13)15;6-4-1-3(8(10)11)2-7-5(4)9/h7-15,18-20,22-23H,16-17,21,24H2,1-6H3,(H,37,41);7-10,13-15H,11-12,16H2,1-6H3;7-10,13-15H,11-12,16,25H2,1-6H3;6-7H,4-5,8H2,1-3H3;1-2H,(H,7,9). The summed E-state index contributed by atoms with van der Waals surface area (Å²) in [4.78, 5) is 149. The quantitative estimate of drug-likeness (QED) is 0.00940. The molecule has 758 valence electrons. The zero-order valence-electron chi connectivity index (χ0n) is 83.8. The maximum Gasteiger partial charge on any atom is 0.419 e. The van der Waals surface area contributed by atoms with Gasteiger partial charge in [-0.05, 0) is 186 Å². The number of nitro groups is 3. The normalized spacial score (nSPS) is 11.9. The lowest BCUT2D eigenvalue weighted by Gasteiger charge is -2.21. The highest BCUT2D eigenvalue weighted by Gasteiger charge is 2.31. The molecule has 1 amide bonds. The molecule has 0 bridgehead atoms. The van der Waals surface area contributed by atoms with Crippen LogP contribution in [0.25, 0.3) is 66.5 Å². The molecule has 0 fully saturated rings. The van der Waals surface area contributed by atoms with Crippen LogP contribution >= 0.6 is 45.2 Å². The number of carbonyl (C=O) groups is 4. The number of amides is 1. The summed E-state index contributed by atoms with van der Waals surface area (Å²) in [6.07, 6.45) is 7.95. The van der Waals surface area contributed by atoms with Gasteiger partial charge in [0.2, 0.25) is 0 Å². The fraction of sp³-hybridized carbons (Fsp3) is 0.374. The van der Waals surface area contributed by atoms with Gasteiger partial charge >= 0.3 is 18.3 Å². The van der Waals surface area contributed by atoms with Crippen LogP contribution in [0.2, 0.25) is 103 Å². The van der Waals surface area contributed by atoms with E-state index in [1.165, 1.54) is 68.8 Å². The molecule has 9 heterocycles. The lowest BCUT2D eigenvalue weighted by atomic mass is 10.1. The molecule has 0 aliphatic heterocycles. The topological polar surface area (TPSA) is 454 Å². The van der Waals surface area contributed by atoms with Crippen molar-refractivity contribution in [3.63, 3.8) is 0 Å². The second-order valence-electron chi connectivity index (χ2n) is 41.4. The van der Waals surface area contributed by atoms with E-state index in [0.717, 1.165) is 46.7 Å². The van der Waals surface area contributed by atoms with Gasteiger partial charge in [0.15, 0.2) is 0 Å². The van der Waals surface area contributed by atoms with Crippen molar-refractivity contribution in [2.45, 2.75) is 215 Å². The fourth-order valence-corrected chi connectivity index (χ4v) is 17.7. The van der Waals surface area contributed by atoms with E-state index < -0.39 is 87.7 Å². The number of ether oxygens (including phenoxy) is 7. The molecule has 0 radical (unpaired) electrons. The Kier molecular flexibility index (Phi) is 38.6. The predicted molar refractivity (Wildman–Crippen MR) is 580 cm³/mol. The van der Waals surface area contributed by atoms with Crippen LogP contribution in [0, 0.1) is 37.5 Å². The van der Waals surface area contributed by atoms with Crippen molar-refractivity contribution in [3.8, 4) is 33.8 Å². The number of aromatic nitrogens is 10. The van der Waals surface area contributed by atoms with Gasteiger partial charge in [-0.25, -0.2) is 28.1 Å². The molecule has 0 saturated heterocycles. The van der Waals surface area contributed by atoms with Crippen LogP contribution in [0.1, 0.15) is 78.2 Å². The number of nitrogens with one attached hydrogen (secondary N) is 2. The summed E-state index contributed by atoms with van der Waals surface area (Å²) >= 11 is 3.53. The number of nitrogens with zero attached hydrogens (tertiary/aromatic N) is 12. The van der Waals surface area contributed by atoms with Gasteiger partial charge in [-0.2, -0.15) is 5.10 Å². The van der Waals surface area contributed by atoms with Gasteiger partial charge in [0.25, 0.3) is 50.8 Å². The van der Waals surface area contributed by atoms with Gasteiger partial charge in [0, 0.05) is 117 Å². The Morgan fingerprint density at radius 3 is 1.13 bits per heavy atom. The van der Waals surface area contributed by atoms with Crippen molar-refractivity contribution in [2.24, 2.45) is 0 Å². The van der Waals surface area contributed by atoms with Crippen molar-refractivity contribution in [2.75, 3.05) is 37.5 Å². The number of pyridine rings is 5. The van der Waals surface area contributed by atoms with E-state index in [2.05, 4.69) is 94.0 Å². The van der Waals surface area contributed by atoms with E-state index in [9.17, 15) is 73.5 Å². The third-order valence-electron chi connectivity index (χ3n) is 20.7. The number of hydrogen-bond donors (Lipinski definition) is 3. The lowest BCUT2D eigenvalue weighted by molar-refractivity contribution is -0.385. The minimum absolute atomic E-state index is 0.0122. The van der Waals surface area contributed by atoms with Crippen LogP contribution in [0.15, 0.2) is 219 Å². The van der Waals surface area contributed by atoms with Gasteiger partial charge in [-0.3, -0.25) is 82.1 Å². The molecular formula is C99H125I2N15O22Si4. The highest BCUT2D eigenvalue weighted by Crippen LogP contribution is 2.35. The molecule has 0 spiro atoms. The number of benzene rings is 4. The first-order valence-corrected chi connectivity index (χ1v) is 62.6. The predicted octanol–water partition coefficient (Wildman–Crippen LogP) is 21.2. The van der Waals surface area contributed by atoms with Crippen LogP contribution < -0.4 is 38.8 Å². The average Bonchev–Trinajstić information content (AvgIpc) is 1.67. The molecule has 0 saturated carbocycles. The third kappa shape index (κ3) is 33.9. The number of hydrogen-bond acceptors (Lipinski definition) is 24. The number of fused-ring (bicyclic) bond motifs is 3. The lowest BCUT2D eigenvalue weighted by Crippen LogP contribution is -2.29. The number of nitrogens with two attached hydrogens (primary N) is 1. The first kappa shape index (κ1) is 113. The van der Waals surface area contributed by atoms with E-state index in [1.807, 2.05) is 106 Å². The zero-order chi connectivity index (χ0) is 105. The van der Waals surface area contributed by atoms with Crippen LogP contribution in [-0.4, -0.2) is 161 Å². The number of halogens is 2. The molecule has 9 aromatic heterocycles. The van der Waals surface area contributed by atoms with Crippen molar-refractivity contribution in [1.82, 2.24) is 46.7 Å². The Morgan fingerprint density at radius 2 is 0.761 bits per heavy atom. The summed E-state index contributed by atoms with van der Waals surface area (Å²) in [6.45, 7) is 45.6. The van der Waals surface area contributed by atoms with Crippen molar-refractivity contribution in [1.29, 1.82) is 0 Å². The molecule has 37 nitrogen and oxygen atoms in total. The molecule has 13 rings (SSSR count). The molecule has 13 aromatic rings. The van der Waals surface area contributed by atoms with E-state index >= 15 is 0 Å². The second kappa shape index (κ2) is 48.5. The number of para-hydroxylation sites is 3. The minimum atomic E-state index is -1.36. The molecule has 0 aliphatic carbocycles. The highest BCUT2D eigenvalue weighted by atomic mass is 127. The first-order valence-electron chi connectivity index (χ1n) is 45.6. The highest BCUT2D eigenvalue weighted by molar-refractivity contribution is 14.1. The van der Waals surface area contributed by atoms with Crippen LogP contribution in [0.4, 0.5) is 42.8 Å². The van der Waals surface area contributed by atoms with Gasteiger partial charge in [-0.15, -0.1) is 0 Å². The Bertz CT molecular complexity index is 7050. The molecule has 0 aliphatic rings. The fourth-order valence-electron chi connectivity index (χ4n) is 13.5. The van der Waals surface area contributed by atoms with E-state index in [-0.39, 0.29) is 89.0 Å². The number of carbonyl (C=O) groups excluding carboxylic acids is 4. The summed E-state index contributed by atoms with van der Waals surface area (Å²) in [7, 11) is -5.10. The average molecular weight is 2240 g/mol. The van der Waals surface area contributed by atoms with Gasteiger partial charge in [0.05, 0.1) is 115 Å². The Balaban J connectivity index is 0.000000210. The maximum absolute atomic E-state index is 14.0. The molecule has 0 unspecified atom stereocenters. The summed E-state index contributed by atoms with van der Waals surface area (Å²) < 4.78 is 51.5. The van der Waals surface area contributed by atoms with Crippen LogP contribution in [0.3, 0.4) is 0 Å². The number of nitrogen functional groups attached to an aromatic ring is 1. The molecule has 0 atom stereocenters. The largest absolute Gasteiger partial charge is 0.443 e. The van der Waals surface area contributed by atoms with E-state index in [0.29, 0.717) is 95.9 Å². The summed E-state index contributed by atoms with van der Waals surface area (Å²) in [6, 6.07) is 47.7. The maximum atomic E-state index is 14.0. The number of H-pyrrole nitrogens is 1. The molecule has 4 aromatic carbocycles. The second-order valence-corrected chi connectivity index (χ2v) is 66.2. The Labute approximate surface area is 852 Å². The number of aromatic amines is 1. The Morgan fingerprint density at radius 1 is 0.423 bits per heavy atom. The van der Waals surface area contributed by atoms with E-state index in [4.69, 9.17) is 38.9 Å². The zero-order valence-corrected chi connectivity index (χ0v) is 92.2. The number of anilines is 2. The van der Waals surface area contributed by atoms with Crippen molar-refractivity contribution >= 4 is 163 Å². The van der Waals surface area contributed by atoms with Crippen LogP contribution in [0.5, 0.6) is 0 Å². The first-order chi connectivity index (χ1) is 66.2. The van der Waals surface area contributed by atoms with Crippen LogP contribution in [-0.2, 0) is 66.6 Å². The molecule has 43 heteroatoms. The van der Waals surface area contributed by atoms with Gasteiger partial charge in [-0.1, -0.05) is 163 Å². The van der Waals surface area contributed by atoms with Crippen molar-refractivity contribution < 1.29 is 67.1 Å². The van der Waals surface area contributed by atoms with Gasteiger partial charge < -0.3 is 49.2 Å². The molecular weight excluding hydrogens is 2120 g/mol. The SMILES string of the molecule is CC(C)(C)OC(=O)n1c(-c2cc(N)cn(COCC[Si](C)(C)C)c2=O)cc2ccccc21.CC(C)(C)OC(=O)n1c(-c2cc(NC(=O)c3cnn(Cc4ccccc4)c3)cn(COCC[Si](C)(C)C)c2=O)cc2ccccc21.CC(C)(C)OC(=O)n1c(-c2cc([N+](=O)[O-])cn(COCC[Si](C)(C)C)c2=O)cc2ccccc21.C[Si](C)(C)CCOCn1cc([N+](=O)[O-])cc(I)c1=O.O=c1[nH]cc([N+](=O)[O-])cc1I. The third-order valence-corrected chi connectivity index (χ3v) is 29.1. The van der Waals surface area contributed by atoms with Crippen molar-refractivity contribution in [3.05, 3.63) is 295 Å². The monoisotopic (exact) mass is 2240 g/mol. The molecule has 142 heavy (non-hydrogen) atoms. The smallest absolute Gasteiger partial charge is 0.419 e. The van der Waals surface area contributed by atoms with Gasteiger partial charge in [0.1, 0.15) is 43.7 Å². The number of rotatable bonds is 30. The Hall–Kier alpha value is -12.5. The van der Waals surface area contributed by atoms with E-state index in [1.54, 1.807) is 159 Å².